The molecular formula is C17H27N3O4S. The Morgan fingerprint density at radius 1 is 1.24 bits per heavy atom. The normalized spacial score (nSPS) is 17.6. The van der Waals surface area contributed by atoms with E-state index in [9.17, 15) is 13.2 Å². The Bertz CT molecular complexity index is 680. The molecule has 1 aromatic carbocycles. The predicted molar refractivity (Wildman–Crippen MR) is 95.7 cm³/mol. The number of carbonyl (C=O) groups excluding carboxylic acids is 1. The van der Waals surface area contributed by atoms with Crippen LogP contribution in [0.1, 0.15) is 26.7 Å². The number of benzene rings is 1. The molecule has 1 aliphatic rings. The summed E-state index contributed by atoms with van der Waals surface area (Å²) in [5.74, 6) is 0.204. The van der Waals surface area contributed by atoms with Crippen LogP contribution in [0.25, 0.3) is 0 Å². The number of hydrogen-bond donors (Lipinski definition) is 2. The molecule has 0 saturated carbocycles. The van der Waals surface area contributed by atoms with Crippen molar-refractivity contribution in [3.8, 4) is 5.75 Å². The van der Waals surface area contributed by atoms with Gasteiger partial charge >= 0.3 is 0 Å². The average Bonchev–Trinajstić information content (AvgIpc) is 2.59. The molecule has 2 rings (SSSR count). The molecule has 25 heavy (non-hydrogen) atoms. The molecule has 140 valence electrons. The van der Waals surface area contributed by atoms with Crippen molar-refractivity contribution in [3.05, 3.63) is 24.3 Å². The number of carbonyl (C=O) groups is 1. The number of nitrogens with one attached hydrogen (secondary N) is 1. The molecule has 0 bridgehead atoms. The van der Waals surface area contributed by atoms with Crippen LogP contribution in [0.3, 0.4) is 0 Å². The van der Waals surface area contributed by atoms with Crippen LogP contribution in [0.15, 0.2) is 29.2 Å². The smallest absolute Gasteiger partial charge is 0.241 e. The number of nitrogens with two attached hydrogens (primary N) is 1. The summed E-state index contributed by atoms with van der Waals surface area (Å²) in [5, 5.41) is 0. The predicted octanol–water partition coefficient (Wildman–Crippen LogP) is 0.948. The highest BCUT2D eigenvalue weighted by atomic mass is 32.2. The van der Waals surface area contributed by atoms with Crippen LogP contribution in [0.2, 0.25) is 0 Å². The zero-order valence-corrected chi connectivity index (χ0v) is 15.8. The van der Waals surface area contributed by atoms with Gasteiger partial charge in [-0.3, -0.25) is 4.79 Å². The first kappa shape index (κ1) is 19.7. The number of nitrogens with zero attached hydrogens (tertiary/aromatic N) is 1. The number of rotatable bonds is 6. The molecule has 1 amide bonds. The standard InChI is InChI=1S/C17H27N3O4S/c1-12(2)16(17(21)20-10-8-13(18)9-11-20)19-25(22,23)15-6-4-14(24-3)5-7-15/h4-7,12-13,16,19H,8-11,18H2,1-3H3. The molecular weight excluding hydrogens is 342 g/mol. The Hall–Kier alpha value is -1.64. The van der Waals surface area contributed by atoms with Crippen molar-refractivity contribution in [2.24, 2.45) is 11.7 Å². The molecule has 1 heterocycles. The largest absolute Gasteiger partial charge is 0.497 e. The van der Waals surface area contributed by atoms with Gasteiger partial charge in [0.1, 0.15) is 11.8 Å². The Labute approximate surface area is 149 Å². The fraction of sp³-hybridized carbons (Fsp3) is 0.588. The third-order valence-corrected chi connectivity index (χ3v) is 5.89. The minimum Gasteiger partial charge on any atom is -0.497 e. The van der Waals surface area contributed by atoms with Crippen LogP contribution in [0.4, 0.5) is 0 Å². The summed E-state index contributed by atoms with van der Waals surface area (Å²) in [6.45, 7) is 4.78. The molecule has 0 aliphatic carbocycles. The second kappa shape index (κ2) is 8.16. The highest BCUT2D eigenvalue weighted by Gasteiger charge is 2.32. The lowest BCUT2D eigenvalue weighted by atomic mass is 10.0. The van der Waals surface area contributed by atoms with Crippen molar-refractivity contribution in [3.63, 3.8) is 0 Å². The van der Waals surface area contributed by atoms with Gasteiger partial charge in [-0.15, -0.1) is 0 Å². The van der Waals surface area contributed by atoms with Gasteiger partial charge < -0.3 is 15.4 Å². The van der Waals surface area contributed by atoms with Crippen molar-refractivity contribution in [2.75, 3.05) is 20.2 Å². The van der Waals surface area contributed by atoms with Gasteiger partial charge in [0.15, 0.2) is 0 Å². The second-order valence-electron chi connectivity index (χ2n) is 6.68. The molecule has 1 aliphatic heterocycles. The maximum absolute atomic E-state index is 12.8. The summed E-state index contributed by atoms with van der Waals surface area (Å²) in [4.78, 5) is 14.6. The molecule has 8 heteroatoms. The van der Waals surface area contributed by atoms with Gasteiger partial charge in [0.05, 0.1) is 12.0 Å². The first-order valence-corrected chi connectivity index (χ1v) is 9.93. The van der Waals surface area contributed by atoms with Gasteiger partial charge in [-0.1, -0.05) is 13.8 Å². The van der Waals surface area contributed by atoms with Crippen LogP contribution >= 0.6 is 0 Å². The SMILES string of the molecule is COc1ccc(S(=O)(=O)NC(C(=O)N2CCC(N)CC2)C(C)C)cc1. The van der Waals surface area contributed by atoms with E-state index >= 15 is 0 Å². The van der Waals surface area contributed by atoms with E-state index in [1.807, 2.05) is 13.8 Å². The highest BCUT2D eigenvalue weighted by molar-refractivity contribution is 7.89. The van der Waals surface area contributed by atoms with E-state index in [-0.39, 0.29) is 22.8 Å². The van der Waals surface area contributed by atoms with Crippen LogP contribution in [-0.4, -0.2) is 51.5 Å². The van der Waals surface area contributed by atoms with Crippen LogP contribution in [-0.2, 0) is 14.8 Å². The van der Waals surface area contributed by atoms with Gasteiger partial charge in [-0.05, 0) is 43.0 Å². The summed E-state index contributed by atoms with van der Waals surface area (Å²) >= 11 is 0. The van der Waals surface area contributed by atoms with E-state index in [2.05, 4.69) is 4.72 Å². The lowest BCUT2D eigenvalue weighted by Gasteiger charge is -2.34. The van der Waals surface area contributed by atoms with Crippen molar-refractivity contribution < 1.29 is 17.9 Å². The number of methoxy groups -OCH3 is 1. The molecule has 1 saturated heterocycles. The third kappa shape index (κ3) is 4.93. The Balaban J connectivity index is 2.15. The van der Waals surface area contributed by atoms with Gasteiger partial charge in [0.25, 0.3) is 0 Å². The Morgan fingerprint density at radius 2 is 1.80 bits per heavy atom. The number of ether oxygens (including phenoxy) is 1. The zero-order chi connectivity index (χ0) is 18.6. The average molecular weight is 369 g/mol. The maximum atomic E-state index is 12.8. The van der Waals surface area contributed by atoms with Crippen LogP contribution < -0.4 is 15.2 Å². The summed E-state index contributed by atoms with van der Waals surface area (Å²) < 4.78 is 32.9. The van der Waals surface area contributed by atoms with Gasteiger partial charge in [0.2, 0.25) is 15.9 Å². The van der Waals surface area contributed by atoms with E-state index in [1.54, 1.807) is 17.0 Å². The molecule has 1 aromatic rings. The Kier molecular flexibility index (Phi) is 6.42. The van der Waals surface area contributed by atoms with Crippen molar-refractivity contribution >= 4 is 15.9 Å². The van der Waals surface area contributed by atoms with Crippen molar-refractivity contribution in [2.45, 2.75) is 43.7 Å². The molecule has 7 nitrogen and oxygen atoms in total. The topological polar surface area (TPSA) is 102 Å². The summed E-state index contributed by atoms with van der Waals surface area (Å²) in [6, 6.07) is 5.38. The summed E-state index contributed by atoms with van der Waals surface area (Å²) in [5.41, 5.74) is 5.87. The minimum atomic E-state index is -3.80. The van der Waals surface area contributed by atoms with Gasteiger partial charge in [-0.25, -0.2) is 8.42 Å². The van der Waals surface area contributed by atoms with Crippen LogP contribution in [0.5, 0.6) is 5.75 Å². The van der Waals surface area contributed by atoms with Crippen molar-refractivity contribution in [1.29, 1.82) is 0 Å². The molecule has 1 atom stereocenters. The summed E-state index contributed by atoms with van der Waals surface area (Å²) in [7, 11) is -2.29. The summed E-state index contributed by atoms with van der Waals surface area (Å²) in [6.07, 6.45) is 1.48. The molecule has 0 aromatic heterocycles. The van der Waals surface area contributed by atoms with Crippen molar-refractivity contribution in [1.82, 2.24) is 9.62 Å². The van der Waals surface area contributed by atoms with Gasteiger partial charge in [-0.2, -0.15) is 4.72 Å². The zero-order valence-electron chi connectivity index (χ0n) is 14.9. The number of sulfonamides is 1. The minimum absolute atomic E-state index is 0.104. The Morgan fingerprint density at radius 3 is 2.28 bits per heavy atom. The van der Waals surface area contributed by atoms with E-state index in [0.717, 1.165) is 12.8 Å². The fourth-order valence-electron chi connectivity index (χ4n) is 2.78. The van der Waals surface area contributed by atoms with Crippen LogP contribution in [0, 0.1) is 5.92 Å². The monoisotopic (exact) mass is 369 g/mol. The molecule has 3 N–H and O–H groups in total. The number of piperidine rings is 1. The molecule has 1 fully saturated rings. The quantitative estimate of drug-likeness (QED) is 0.777. The second-order valence-corrected chi connectivity index (χ2v) is 8.40. The highest BCUT2D eigenvalue weighted by Crippen LogP contribution is 2.18. The first-order valence-electron chi connectivity index (χ1n) is 8.45. The molecule has 0 radical (unpaired) electrons. The number of likely N-dealkylation sites (tertiary alicyclic amines) is 1. The molecule has 0 spiro atoms. The van der Waals surface area contributed by atoms with E-state index < -0.39 is 16.1 Å². The fourth-order valence-corrected chi connectivity index (χ4v) is 4.12. The first-order chi connectivity index (χ1) is 11.7. The maximum Gasteiger partial charge on any atom is 0.241 e. The van der Waals surface area contributed by atoms with E-state index in [0.29, 0.717) is 18.8 Å². The lowest BCUT2D eigenvalue weighted by molar-refractivity contribution is -0.135. The third-order valence-electron chi connectivity index (χ3n) is 4.44. The molecule has 1 unspecified atom stereocenters. The van der Waals surface area contributed by atoms with E-state index in [1.165, 1.54) is 19.2 Å². The number of hydrogen-bond acceptors (Lipinski definition) is 5. The number of amides is 1. The van der Waals surface area contributed by atoms with E-state index in [4.69, 9.17) is 10.5 Å². The lowest BCUT2D eigenvalue weighted by Crippen LogP contribution is -2.53. The van der Waals surface area contributed by atoms with Gasteiger partial charge in [0, 0.05) is 19.1 Å².